The van der Waals surface area contributed by atoms with Gasteiger partial charge in [0, 0.05) is 17.8 Å². The van der Waals surface area contributed by atoms with Gasteiger partial charge in [0.05, 0.1) is 12.7 Å². The largest absolute Gasteiger partial charge is 0.478 e. The molecule has 0 radical (unpaired) electrons. The SMILES string of the molecule is Cc1cnn(Cc2ccc(/C=C/C(=O)O)cc2F)c1. The summed E-state index contributed by atoms with van der Waals surface area (Å²) in [4.78, 5) is 10.4. The highest BCUT2D eigenvalue weighted by molar-refractivity contribution is 5.85. The molecule has 0 fully saturated rings. The fraction of sp³-hybridized carbons (Fsp3) is 0.143. The lowest BCUT2D eigenvalue weighted by Crippen LogP contribution is -2.02. The third kappa shape index (κ3) is 3.51. The van der Waals surface area contributed by atoms with Crippen LogP contribution in [0.5, 0.6) is 0 Å². The van der Waals surface area contributed by atoms with E-state index in [0.29, 0.717) is 17.7 Å². The predicted octanol–water partition coefficient (Wildman–Crippen LogP) is 2.48. The van der Waals surface area contributed by atoms with Gasteiger partial charge in [-0.1, -0.05) is 12.1 Å². The van der Waals surface area contributed by atoms with Gasteiger partial charge in [-0.3, -0.25) is 4.68 Å². The molecule has 0 saturated heterocycles. The maximum Gasteiger partial charge on any atom is 0.328 e. The van der Waals surface area contributed by atoms with Gasteiger partial charge >= 0.3 is 5.97 Å². The number of carboxylic acid groups (broad SMARTS) is 1. The first-order valence-corrected chi connectivity index (χ1v) is 5.73. The summed E-state index contributed by atoms with van der Waals surface area (Å²) in [6.45, 7) is 2.27. The topological polar surface area (TPSA) is 55.1 Å². The number of nitrogens with zero attached hydrogens (tertiary/aromatic N) is 2. The van der Waals surface area contributed by atoms with Crippen LogP contribution in [0, 0.1) is 12.7 Å². The molecule has 1 aromatic heterocycles. The Hall–Kier alpha value is -2.43. The monoisotopic (exact) mass is 260 g/mol. The summed E-state index contributed by atoms with van der Waals surface area (Å²) >= 11 is 0. The molecule has 0 aliphatic heterocycles. The number of aliphatic carboxylic acids is 1. The third-order valence-electron chi connectivity index (χ3n) is 2.59. The van der Waals surface area contributed by atoms with Crippen LogP contribution in [0.1, 0.15) is 16.7 Å². The van der Waals surface area contributed by atoms with E-state index >= 15 is 0 Å². The van der Waals surface area contributed by atoms with Crippen molar-refractivity contribution in [2.45, 2.75) is 13.5 Å². The zero-order valence-electron chi connectivity index (χ0n) is 10.4. The third-order valence-corrected chi connectivity index (χ3v) is 2.59. The van der Waals surface area contributed by atoms with E-state index in [1.165, 1.54) is 12.1 Å². The number of carbonyl (C=O) groups is 1. The van der Waals surface area contributed by atoms with Gasteiger partial charge in [-0.25, -0.2) is 9.18 Å². The Morgan fingerprint density at radius 2 is 2.32 bits per heavy atom. The molecule has 0 bridgehead atoms. The minimum Gasteiger partial charge on any atom is -0.478 e. The zero-order chi connectivity index (χ0) is 13.8. The molecule has 0 atom stereocenters. The Labute approximate surface area is 109 Å². The van der Waals surface area contributed by atoms with Crippen LogP contribution >= 0.6 is 0 Å². The highest BCUT2D eigenvalue weighted by atomic mass is 19.1. The van der Waals surface area contributed by atoms with E-state index in [1.54, 1.807) is 23.0 Å². The first-order valence-electron chi connectivity index (χ1n) is 5.73. The van der Waals surface area contributed by atoms with E-state index in [2.05, 4.69) is 5.10 Å². The molecule has 1 heterocycles. The van der Waals surface area contributed by atoms with Gasteiger partial charge in [0.15, 0.2) is 0 Å². The number of carboxylic acids is 1. The fourth-order valence-corrected chi connectivity index (χ4v) is 1.69. The summed E-state index contributed by atoms with van der Waals surface area (Å²) in [5, 5.41) is 12.6. The van der Waals surface area contributed by atoms with Crippen molar-refractivity contribution in [3.63, 3.8) is 0 Å². The number of hydrogen-bond acceptors (Lipinski definition) is 2. The summed E-state index contributed by atoms with van der Waals surface area (Å²) < 4.78 is 15.5. The molecule has 0 saturated carbocycles. The van der Waals surface area contributed by atoms with Gasteiger partial charge in [-0.15, -0.1) is 0 Å². The standard InChI is InChI=1S/C14H13FN2O2/c1-10-7-16-17(8-10)9-12-4-2-11(6-13(12)15)3-5-14(18)19/h2-8H,9H2,1H3,(H,18,19)/b5-3+. The Morgan fingerprint density at radius 3 is 2.89 bits per heavy atom. The number of aryl methyl sites for hydroxylation is 1. The Balaban J connectivity index is 2.17. The van der Waals surface area contributed by atoms with Crippen LogP contribution in [0.15, 0.2) is 36.7 Å². The molecule has 1 N–H and O–H groups in total. The van der Waals surface area contributed by atoms with E-state index in [-0.39, 0.29) is 5.82 Å². The lowest BCUT2D eigenvalue weighted by molar-refractivity contribution is -0.131. The van der Waals surface area contributed by atoms with Gasteiger partial charge in [-0.2, -0.15) is 5.10 Å². The fourth-order valence-electron chi connectivity index (χ4n) is 1.69. The molecule has 0 unspecified atom stereocenters. The molecule has 0 amide bonds. The van der Waals surface area contributed by atoms with Gasteiger partial charge in [-0.05, 0) is 30.2 Å². The number of benzene rings is 1. The number of halogens is 1. The lowest BCUT2D eigenvalue weighted by Gasteiger charge is -2.04. The highest BCUT2D eigenvalue weighted by Gasteiger charge is 2.04. The average molecular weight is 260 g/mol. The molecule has 2 rings (SSSR count). The van der Waals surface area contributed by atoms with Crippen molar-refractivity contribution >= 4 is 12.0 Å². The first-order chi connectivity index (χ1) is 9.04. The van der Waals surface area contributed by atoms with Crippen molar-refractivity contribution in [3.05, 3.63) is 59.2 Å². The van der Waals surface area contributed by atoms with Crippen LogP contribution in [0.2, 0.25) is 0 Å². The van der Waals surface area contributed by atoms with Gasteiger partial charge in [0.2, 0.25) is 0 Å². The summed E-state index contributed by atoms with van der Waals surface area (Å²) in [5.41, 5.74) is 2.04. The van der Waals surface area contributed by atoms with E-state index in [4.69, 9.17) is 5.11 Å². The van der Waals surface area contributed by atoms with Crippen molar-refractivity contribution < 1.29 is 14.3 Å². The predicted molar refractivity (Wildman–Crippen MR) is 69.1 cm³/mol. The molecule has 0 aliphatic rings. The summed E-state index contributed by atoms with van der Waals surface area (Å²) in [6, 6.07) is 4.62. The summed E-state index contributed by atoms with van der Waals surface area (Å²) in [7, 11) is 0. The van der Waals surface area contributed by atoms with Crippen molar-refractivity contribution in [1.82, 2.24) is 9.78 Å². The van der Waals surface area contributed by atoms with Gasteiger partial charge in [0.1, 0.15) is 5.82 Å². The van der Waals surface area contributed by atoms with Crippen LogP contribution in [-0.4, -0.2) is 20.9 Å². The smallest absolute Gasteiger partial charge is 0.328 e. The van der Waals surface area contributed by atoms with E-state index in [1.807, 2.05) is 13.1 Å². The second kappa shape index (κ2) is 5.48. The molecular formula is C14H13FN2O2. The van der Waals surface area contributed by atoms with Crippen molar-refractivity contribution in [2.75, 3.05) is 0 Å². The van der Waals surface area contributed by atoms with E-state index in [9.17, 15) is 9.18 Å². The van der Waals surface area contributed by atoms with Gasteiger partial charge < -0.3 is 5.11 Å². The van der Waals surface area contributed by atoms with Crippen LogP contribution < -0.4 is 0 Å². The molecule has 1 aromatic carbocycles. The molecule has 0 spiro atoms. The Morgan fingerprint density at radius 1 is 1.53 bits per heavy atom. The molecule has 2 aromatic rings. The maximum atomic E-state index is 13.8. The molecule has 98 valence electrons. The second-order valence-corrected chi connectivity index (χ2v) is 4.24. The van der Waals surface area contributed by atoms with Gasteiger partial charge in [0.25, 0.3) is 0 Å². The summed E-state index contributed by atoms with van der Waals surface area (Å²) in [6.07, 6.45) is 5.87. The zero-order valence-corrected chi connectivity index (χ0v) is 10.4. The first kappa shape index (κ1) is 13.0. The normalized spacial score (nSPS) is 11.1. The number of aromatic nitrogens is 2. The van der Waals surface area contributed by atoms with E-state index in [0.717, 1.165) is 11.6 Å². The lowest BCUT2D eigenvalue weighted by atomic mass is 10.1. The number of hydrogen-bond donors (Lipinski definition) is 1. The summed E-state index contributed by atoms with van der Waals surface area (Å²) in [5.74, 6) is -1.43. The minimum absolute atomic E-state index is 0.350. The molecular weight excluding hydrogens is 247 g/mol. The maximum absolute atomic E-state index is 13.8. The number of rotatable bonds is 4. The quantitative estimate of drug-likeness (QED) is 0.859. The molecule has 0 aliphatic carbocycles. The van der Waals surface area contributed by atoms with Crippen molar-refractivity contribution in [1.29, 1.82) is 0 Å². The molecule has 4 nitrogen and oxygen atoms in total. The minimum atomic E-state index is -1.06. The second-order valence-electron chi connectivity index (χ2n) is 4.24. The van der Waals surface area contributed by atoms with Crippen LogP contribution in [0.3, 0.4) is 0 Å². The van der Waals surface area contributed by atoms with Crippen LogP contribution in [0.4, 0.5) is 4.39 Å². The van der Waals surface area contributed by atoms with E-state index < -0.39 is 5.97 Å². The van der Waals surface area contributed by atoms with Crippen LogP contribution in [0.25, 0.3) is 6.08 Å². The average Bonchev–Trinajstić information content (AvgIpc) is 2.75. The Bertz CT molecular complexity index is 632. The van der Waals surface area contributed by atoms with Crippen LogP contribution in [-0.2, 0) is 11.3 Å². The molecule has 5 heteroatoms. The molecule has 19 heavy (non-hydrogen) atoms. The highest BCUT2D eigenvalue weighted by Crippen LogP contribution is 2.13. The Kier molecular flexibility index (Phi) is 3.75. The van der Waals surface area contributed by atoms with Crippen molar-refractivity contribution in [3.8, 4) is 0 Å². The van der Waals surface area contributed by atoms with Crippen molar-refractivity contribution in [2.24, 2.45) is 0 Å².